The van der Waals surface area contributed by atoms with Crippen molar-refractivity contribution < 1.29 is 15.0 Å². The average molecular weight is 352 g/mol. The van der Waals surface area contributed by atoms with E-state index in [1.165, 1.54) is 23.6 Å². The summed E-state index contributed by atoms with van der Waals surface area (Å²) in [4.78, 5) is 12.9. The molecule has 5 nitrogen and oxygen atoms in total. The van der Waals surface area contributed by atoms with Gasteiger partial charge in [-0.25, -0.2) is 5.43 Å². The van der Waals surface area contributed by atoms with Crippen LogP contribution in [-0.2, 0) is 0 Å². The van der Waals surface area contributed by atoms with Crippen molar-refractivity contribution in [2.75, 3.05) is 0 Å². The Morgan fingerprint density at radius 3 is 2.64 bits per heavy atom. The summed E-state index contributed by atoms with van der Waals surface area (Å²) in [6, 6.07) is 14.4. The lowest BCUT2D eigenvalue weighted by atomic mass is 10.1. The summed E-state index contributed by atoms with van der Waals surface area (Å²) >= 11 is 1.33. The van der Waals surface area contributed by atoms with Crippen molar-refractivity contribution in [3.63, 3.8) is 0 Å². The topological polar surface area (TPSA) is 81.9 Å². The number of aromatic hydroxyl groups is 2. The van der Waals surface area contributed by atoms with Gasteiger partial charge in [0.2, 0.25) is 0 Å². The predicted octanol–water partition coefficient (Wildman–Crippen LogP) is 3.90. The molecule has 0 spiro atoms. The van der Waals surface area contributed by atoms with E-state index in [0.717, 1.165) is 16.7 Å². The molecule has 0 aliphatic carbocycles. The third-order valence-electron chi connectivity index (χ3n) is 3.65. The van der Waals surface area contributed by atoms with E-state index >= 15 is 0 Å². The summed E-state index contributed by atoms with van der Waals surface area (Å²) in [6.07, 6.45) is 1.28. The Morgan fingerprint density at radius 1 is 1.12 bits per heavy atom. The second-order valence-electron chi connectivity index (χ2n) is 5.44. The standard InChI is InChI=1S/C19H16N2O3S/c1-12-5-7-13(8-6-12)15-9-10-25-18(15)19(24)21-20-11-14-3-2-4-16(22)17(14)23/h2-11,22-23H,1H3,(H,21,24)/b20-11+. The molecular weight excluding hydrogens is 336 g/mol. The Bertz CT molecular complexity index is 930. The molecule has 0 unspecified atom stereocenters. The summed E-state index contributed by atoms with van der Waals surface area (Å²) in [5.41, 5.74) is 5.72. The first kappa shape index (κ1) is 16.7. The van der Waals surface area contributed by atoms with Crippen LogP contribution < -0.4 is 5.43 Å². The molecule has 0 aliphatic heterocycles. The van der Waals surface area contributed by atoms with Gasteiger partial charge in [-0.3, -0.25) is 4.79 Å². The highest BCUT2D eigenvalue weighted by molar-refractivity contribution is 7.12. The molecule has 1 aromatic heterocycles. The fourth-order valence-corrected chi connectivity index (χ4v) is 3.12. The summed E-state index contributed by atoms with van der Waals surface area (Å²) in [6.45, 7) is 2.01. The van der Waals surface area contributed by atoms with Crippen molar-refractivity contribution in [1.29, 1.82) is 0 Å². The highest BCUT2D eigenvalue weighted by Crippen LogP contribution is 2.29. The van der Waals surface area contributed by atoms with E-state index in [9.17, 15) is 15.0 Å². The Kier molecular flexibility index (Phi) is 4.81. The van der Waals surface area contributed by atoms with Crippen LogP contribution in [0.1, 0.15) is 20.8 Å². The van der Waals surface area contributed by atoms with Crippen molar-refractivity contribution in [2.45, 2.75) is 6.92 Å². The Morgan fingerprint density at radius 2 is 1.88 bits per heavy atom. The maximum absolute atomic E-state index is 12.4. The number of phenolic OH excluding ortho intramolecular Hbond substituents is 2. The third-order valence-corrected chi connectivity index (χ3v) is 4.56. The highest BCUT2D eigenvalue weighted by Gasteiger charge is 2.14. The van der Waals surface area contributed by atoms with Crippen LogP contribution in [-0.4, -0.2) is 22.3 Å². The number of thiophene rings is 1. The van der Waals surface area contributed by atoms with E-state index in [1.807, 2.05) is 42.6 Å². The number of carbonyl (C=O) groups is 1. The molecule has 126 valence electrons. The lowest BCUT2D eigenvalue weighted by Crippen LogP contribution is -2.17. The molecular formula is C19H16N2O3S. The number of benzene rings is 2. The van der Waals surface area contributed by atoms with Crippen molar-refractivity contribution in [3.8, 4) is 22.6 Å². The Hall–Kier alpha value is -3.12. The van der Waals surface area contributed by atoms with E-state index in [2.05, 4.69) is 10.5 Å². The van der Waals surface area contributed by atoms with Crippen LogP contribution in [0.25, 0.3) is 11.1 Å². The Labute approximate surface area is 148 Å². The minimum absolute atomic E-state index is 0.241. The number of phenols is 2. The minimum Gasteiger partial charge on any atom is -0.504 e. The predicted molar refractivity (Wildman–Crippen MR) is 99.3 cm³/mol. The summed E-state index contributed by atoms with van der Waals surface area (Å²) in [7, 11) is 0. The van der Waals surface area contributed by atoms with Gasteiger partial charge in [0.25, 0.3) is 5.91 Å². The number of para-hydroxylation sites is 1. The van der Waals surface area contributed by atoms with Crippen LogP contribution in [0.3, 0.4) is 0 Å². The first-order valence-corrected chi connectivity index (χ1v) is 8.43. The maximum Gasteiger partial charge on any atom is 0.282 e. The zero-order chi connectivity index (χ0) is 17.8. The van der Waals surface area contributed by atoms with Crippen LogP contribution >= 0.6 is 11.3 Å². The molecule has 0 saturated carbocycles. The van der Waals surface area contributed by atoms with Gasteiger partial charge in [-0.1, -0.05) is 35.9 Å². The van der Waals surface area contributed by atoms with Crippen LogP contribution in [0, 0.1) is 6.92 Å². The zero-order valence-electron chi connectivity index (χ0n) is 13.4. The van der Waals surface area contributed by atoms with Crippen molar-refractivity contribution >= 4 is 23.5 Å². The average Bonchev–Trinajstić information content (AvgIpc) is 3.09. The summed E-state index contributed by atoms with van der Waals surface area (Å²) in [5, 5.41) is 24.9. The molecule has 0 atom stereocenters. The van der Waals surface area contributed by atoms with E-state index in [0.29, 0.717) is 10.4 Å². The monoisotopic (exact) mass is 352 g/mol. The lowest BCUT2D eigenvalue weighted by molar-refractivity contribution is 0.0959. The second kappa shape index (κ2) is 7.19. The van der Waals surface area contributed by atoms with Gasteiger partial charge in [-0.05, 0) is 36.1 Å². The van der Waals surface area contributed by atoms with Crippen LogP contribution in [0.15, 0.2) is 59.0 Å². The fraction of sp³-hybridized carbons (Fsp3) is 0.0526. The summed E-state index contributed by atoms with van der Waals surface area (Å²) in [5.74, 6) is -0.853. The number of rotatable bonds is 4. The molecule has 2 aromatic carbocycles. The van der Waals surface area contributed by atoms with Crippen molar-refractivity contribution in [3.05, 3.63) is 69.9 Å². The van der Waals surface area contributed by atoms with Gasteiger partial charge in [0.15, 0.2) is 11.5 Å². The third kappa shape index (κ3) is 3.70. The number of aryl methyl sites for hydroxylation is 1. The molecule has 0 radical (unpaired) electrons. The van der Waals surface area contributed by atoms with Gasteiger partial charge >= 0.3 is 0 Å². The lowest BCUT2D eigenvalue weighted by Gasteiger charge is -2.04. The first-order valence-electron chi connectivity index (χ1n) is 7.55. The molecule has 0 fully saturated rings. The normalized spacial score (nSPS) is 10.9. The quantitative estimate of drug-likeness (QED) is 0.378. The molecule has 3 aromatic rings. The van der Waals surface area contributed by atoms with Crippen LogP contribution in [0.2, 0.25) is 0 Å². The van der Waals surface area contributed by atoms with Gasteiger partial charge in [-0.15, -0.1) is 11.3 Å². The molecule has 1 heterocycles. The van der Waals surface area contributed by atoms with Gasteiger partial charge in [-0.2, -0.15) is 5.10 Å². The summed E-state index contributed by atoms with van der Waals surface area (Å²) < 4.78 is 0. The second-order valence-corrected chi connectivity index (χ2v) is 6.36. The number of amides is 1. The van der Waals surface area contributed by atoms with E-state index in [1.54, 1.807) is 12.1 Å². The van der Waals surface area contributed by atoms with Gasteiger partial charge in [0.05, 0.1) is 6.21 Å². The van der Waals surface area contributed by atoms with Crippen molar-refractivity contribution in [1.82, 2.24) is 5.43 Å². The molecule has 3 rings (SSSR count). The molecule has 6 heteroatoms. The van der Waals surface area contributed by atoms with Gasteiger partial charge in [0.1, 0.15) is 4.88 Å². The number of nitrogens with one attached hydrogen (secondary N) is 1. The van der Waals surface area contributed by atoms with Gasteiger partial charge in [0, 0.05) is 11.1 Å². The highest BCUT2D eigenvalue weighted by atomic mass is 32.1. The largest absolute Gasteiger partial charge is 0.504 e. The number of hydrogen-bond acceptors (Lipinski definition) is 5. The van der Waals surface area contributed by atoms with Crippen LogP contribution in [0.4, 0.5) is 0 Å². The van der Waals surface area contributed by atoms with E-state index in [-0.39, 0.29) is 17.4 Å². The number of carbonyl (C=O) groups excluding carboxylic acids is 1. The van der Waals surface area contributed by atoms with Gasteiger partial charge < -0.3 is 10.2 Å². The zero-order valence-corrected chi connectivity index (χ0v) is 14.2. The molecule has 0 aliphatic rings. The number of nitrogens with zero attached hydrogens (tertiary/aromatic N) is 1. The first-order chi connectivity index (χ1) is 12.1. The fourth-order valence-electron chi connectivity index (χ4n) is 2.31. The Balaban J connectivity index is 1.76. The smallest absolute Gasteiger partial charge is 0.282 e. The molecule has 0 saturated heterocycles. The molecule has 0 bridgehead atoms. The molecule has 25 heavy (non-hydrogen) atoms. The maximum atomic E-state index is 12.4. The van der Waals surface area contributed by atoms with Crippen molar-refractivity contribution in [2.24, 2.45) is 5.10 Å². The molecule has 1 amide bonds. The number of hydrazone groups is 1. The van der Waals surface area contributed by atoms with E-state index in [4.69, 9.17) is 0 Å². The SMILES string of the molecule is Cc1ccc(-c2ccsc2C(=O)N/N=C/c2cccc(O)c2O)cc1. The minimum atomic E-state index is -0.332. The molecule has 3 N–H and O–H groups in total. The van der Waals surface area contributed by atoms with Crippen LogP contribution in [0.5, 0.6) is 11.5 Å². The number of hydrogen-bond donors (Lipinski definition) is 3. The van der Waals surface area contributed by atoms with E-state index < -0.39 is 0 Å².